The third-order valence-electron chi connectivity index (χ3n) is 7.19. The fourth-order valence-corrected chi connectivity index (χ4v) is 5.74. The summed E-state index contributed by atoms with van der Waals surface area (Å²) in [5.74, 6) is 0.378. The smallest absolute Gasteiger partial charge is 0.146 e. The van der Waals surface area contributed by atoms with Gasteiger partial charge in [-0.1, -0.05) is 31.0 Å². The molecule has 0 aromatic heterocycles. The number of rotatable bonds is 9. The van der Waals surface area contributed by atoms with Gasteiger partial charge in [-0.25, -0.2) is 4.39 Å². The summed E-state index contributed by atoms with van der Waals surface area (Å²) < 4.78 is 37.2. The Bertz CT molecular complexity index is 1080. The van der Waals surface area contributed by atoms with Crippen LogP contribution in [0.5, 0.6) is 0 Å². The number of halogens is 1. The number of hydrogen-bond acceptors (Lipinski definition) is 5. The standard InChI is InChI=1S/C28H36FN3O2S/c1-27(2,3)35(33)31-28(14-12-20-8-9-20,22-7-5-6-21(16-22)18-30)23-10-11-25(29)26(17-23)32-15-13-24(19-32)34-4/h5-7,10-11,16-17,20,24,31H,8-9,12-15,19H2,1-4H3. The summed E-state index contributed by atoms with van der Waals surface area (Å²) in [5, 5.41) is 9.61. The lowest BCUT2D eigenvalue weighted by atomic mass is 9.78. The lowest BCUT2D eigenvalue weighted by Crippen LogP contribution is -2.52. The van der Waals surface area contributed by atoms with Gasteiger partial charge in [-0.05, 0) is 81.3 Å². The first-order chi connectivity index (χ1) is 16.7. The summed E-state index contributed by atoms with van der Waals surface area (Å²) >= 11 is -1.39. The van der Waals surface area contributed by atoms with Crippen molar-refractivity contribution < 1.29 is 13.7 Å². The molecule has 3 atom stereocenters. The van der Waals surface area contributed by atoms with Crippen LogP contribution in [0.2, 0.25) is 0 Å². The fourth-order valence-electron chi connectivity index (χ4n) is 4.78. The zero-order valence-electron chi connectivity index (χ0n) is 21.1. The molecule has 0 radical (unpaired) electrons. The maximum absolute atomic E-state index is 15.1. The molecular formula is C28H36FN3O2S. The number of hydrogen-bond donors (Lipinski definition) is 1. The molecule has 1 aliphatic carbocycles. The van der Waals surface area contributed by atoms with E-state index in [-0.39, 0.29) is 11.9 Å². The molecule has 1 aliphatic heterocycles. The topological polar surface area (TPSA) is 71.3 Å². The van der Waals surface area contributed by atoms with Crippen LogP contribution in [0.25, 0.3) is 0 Å². The van der Waals surface area contributed by atoms with Gasteiger partial charge < -0.3 is 14.2 Å². The van der Waals surface area contributed by atoms with Gasteiger partial charge in [0.05, 0.1) is 23.4 Å². The number of nitrogens with one attached hydrogen (secondary N) is 1. The molecule has 2 aliphatic rings. The summed E-state index contributed by atoms with van der Waals surface area (Å²) in [6.07, 6.45) is 5.02. The molecular weight excluding hydrogens is 461 g/mol. The molecule has 1 N–H and O–H groups in total. The first kappa shape index (κ1) is 26.0. The third kappa shape index (κ3) is 5.83. The Morgan fingerprint density at radius 2 is 1.91 bits per heavy atom. The van der Waals surface area contributed by atoms with Crippen LogP contribution in [0.1, 0.15) is 69.6 Å². The van der Waals surface area contributed by atoms with Crippen LogP contribution in [0.4, 0.5) is 10.1 Å². The number of methoxy groups -OCH3 is 1. The summed E-state index contributed by atoms with van der Waals surface area (Å²) in [7, 11) is 1.69. The summed E-state index contributed by atoms with van der Waals surface area (Å²) in [6.45, 7) is 7.19. The minimum atomic E-state index is -1.39. The average molecular weight is 498 g/mol. The summed E-state index contributed by atoms with van der Waals surface area (Å²) in [6, 6.07) is 15.0. The van der Waals surface area contributed by atoms with Crippen molar-refractivity contribution in [3.63, 3.8) is 0 Å². The van der Waals surface area contributed by atoms with Gasteiger partial charge >= 0.3 is 0 Å². The van der Waals surface area contributed by atoms with Gasteiger partial charge in [-0.15, -0.1) is 4.72 Å². The fraction of sp³-hybridized carbons (Fsp3) is 0.536. The predicted molar refractivity (Wildman–Crippen MR) is 139 cm³/mol. The Balaban J connectivity index is 1.85. The molecule has 4 rings (SSSR count). The van der Waals surface area contributed by atoms with Crippen molar-refractivity contribution in [1.29, 1.82) is 5.26 Å². The van der Waals surface area contributed by atoms with E-state index in [1.807, 2.05) is 56.0 Å². The number of ether oxygens (including phenoxy) is 1. The molecule has 3 unspecified atom stereocenters. The normalized spacial score (nSPS) is 20.9. The van der Waals surface area contributed by atoms with E-state index in [2.05, 4.69) is 10.8 Å². The molecule has 7 heteroatoms. The Kier molecular flexibility index (Phi) is 7.77. The largest absolute Gasteiger partial charge is 0.598 e. The first-order valence-corrected chi connectivity index (χ1v) is 13.6. The van der Waals surface area contributed by atoms with Crippen molar-refractivity contribution in [1.82, 2.24) is 4.72 Å². The number of nitriles is 1. The Hall–Kier alpha value is -2.11. The van der Waals surface area contributed by atoms with Gasteiger partial charge in [0.25, 0.3) is 0 Å². The molecule has 2 aromatic carbocycles. The van der Waals surface area contributed by atoms with Crippen molar-refractivity contribution in [2.24, 2.45) is 5.92 Å². The van der Waals surface area contributed by atoms with Crippen molar-refractivity contribution >= 4 is 17.0 Å². The van der Waals surface area contributed by atoms with Crippen LogP contribution in [0, 0.1) is 23.1 Å². The Labute approximate surface area is 212 Å². The second kappa shape index (κ2) is 10.5. The van der Waals surface area contributed by atoms with Crippen LogP contribution >= 0.6 is 0 Å². The molecule has 35 heavy (non-hydrogen) atoms. The van der Waals surface area contributed by atoms with Crippen LogP contribution in [-0.2, 0) is 21.6 Å². The Morgan fingerprint density at radius 1 is 1.17 bits per heavy atom. The first-order valence-electron chi connectivity index (χ1n) is 12.4. The Morgan fingerprint density at radius 3 is 2.54 bits per heavy atom. The highest BCUT2D eigenvalue weighted by atomic mass is 32.2. The van der Waals surface area contributed by atoms with E-state index < -0.39 is 21.6 Å². The minimum absolute atomic E-state index is 0.0801. The van der Waals surface area contributed by atoms with Crippen molar-refractivity contribution in [3.05, 3.63) is 65.0 Å². The van der Waals surface area contributed by atoms with Crippen LogP contribution in [0.15, 0.2) is 42.5 Å². The zero-order valence-corrected chi connectivity index (χ0v) is 22.0. The third-order valence-corrected chi connectivity index (χ3v) is 8.84. The molecule has 2 aromatic rings. The molecule has 5 nitrogen and oxygen atoms in total. The summed E-state index contributed by atoms with van der Waals surface area (Å²) in [4.78, 5) is 2.03. The van der Waals surface area contributed by atoms with Gasteiger partial charge in [0, 0.05) is 31.6 Å². The molecule has 1 heterocycles. The lowest BCUT2D eigenvalue weighted by molar-refractivity contribution is 0.121. The van der Waals surface area contributed by atoms with E-state index in [9.17, 15) is 9.81 Å². The maximum Gasteiger partial charge on any atom is 0.146 e. The van der Waals surface area contributed by atoms with E-state index in [0.29, 0.717) is 30.1 Å². The van der Waals surface area contributed by atoms with Crippen molar-refractivity contribution in [2.45, 2.75) is 69.3 Å². The van der Waals surface area contributed by atoms with E-state index in [4.69, 9.17) is 4.74 Å². The predicted octanol–water partition coefficient (Wildman–Crippen LogP) is 5.41. The average Bonchev–Trinajstić information content (AvgIpc) is 3.55. The zero-order chi connectivity index (χ0) is 25.2. The molecule has 188 valence electrons. The van der Waals surface area contributed by atoms with Gasteiger partial charge in [0.15, 0.2) is 0 Å². The maximum atomic E-state index is 15.1. The van der Waals surface area contributed by atoms with Crippen LogP contribution < -0.4 is 9.62 Å². The van der Waals surface area contributed by atoms with Gasteiger partial charge in [-0.3, -0.25) is 0 Å². The molecule has 0 spiro atoms. The lowest BCUT2D eigenvalue weighted by Gasteiger charge is -2.39. The molecule has 1 saturated carbocycles. The van der Waals surface area contributed by atoms with Crippen molar-refractivity contribution in [2.75, 3.05) is 25.1 Å². The highest BCUT2D eigenvalue weighted by Gasteiger charge is 2.44. The molecule has 0 amide bonds. The molecule has 2 fully saturated rings. The van der Waals surface area contributed by atoms with E-state index in [1.54, 1.807) is 13.2 Å². The highest BCUT2D eigenvalue weighted by molar-refractivity contribution is 7.90. The second-order valence-electron chi connectivity index (χ2n) is 10.8. The SMILES string of the molecule is COC1CCN(c2cc(C(CCC3CC3)(N[S+]([O-])C(C)(C)C)c3cccc(C#N)c3)ccc2F)C1. The van der Waals surface area contributed by atoms with Gasteiger partial charge in [-0.2, -0.15) is 5.26 Å². The molecule has 1 saturated heterocycles. The monoisotopic (exact) mass is 497 g/mol. The van der Waals surface area contributed by atoms with Crippen LogP contribution in [0.3, 0.4) is 0 Å². The highest BCUT2D eigenvalue weighted by Crippen LogP contribution is 2.43. The quantitative estimate of drug-likeness (QED) is 0.469. The second-order valence-corrected chi connectivity index (χ2v) is 12.8. The van der Waals surface area contributed by atoms with E-state index in [1.165, 1.54) is 18.9 Å². The number of anilines is 1. The summed E-state index contributed by atoms with van der Waals surface area (Å²) in [5.41, 5.74) is 2.01. The van der Waals surface area contributed by atoms with Crippen molar-refractivity contribution in [3.8, 4) is 6.07 Å². The van der Waals surface area contributed by atoms with Crippen LogP contribution in [-0.4, -0.2) is 35.6 Å². The minimum Gasteiger partial charge on any atom is -0.598 e. The molecule has 0 bridgehead atoms. The van der Waals surface area contributed by atoms with E-state index >= 15 is 4.39 Å². The number of benzene rings is 2. The van der Waals surface area contributed by atoms with Gasteiger partial charge in [0.1, 0.15) is 16.1 Å². The van der Waals surface area contributed by atoms with Gasteiger partial charge in [0.2, 0.25) is 0 Å². The number of nitrogens with zero attached hydrogens (tertiary/aromatic N) is 2. The van der Waals surface area contributed by atoms with E-state index in [0.717, 1.165) is 30.5 Å².